The highest BCUT2D eigenvalue weighted by Gasteiger charge is 2.32. The maximum atomic E-state index is 11.2. The SMILES string of the molecule is O=C(O)[C@H]1CCCN1c1nccc(Oc2ccccc2)n1. The van der Waals surface area contributed by atoms with E-state index < -0.39 is 12.0 Å². The van der Waals surface area contributed by atoms with Crippen molar-refractivity contribution >= 4 is 11.9 Å². The molecule has 2 heterocycles. The van der Waals surface area contributed by atoms with Gasteiger partial charge in [-0.1, -0.05) is 18.2 Å². The summed E-state index contributed by atoms with van der Waals surface area (Å²) < 4.78 is 5.65. The number of carboxylic acids is 1. The van der Waals surface area contributed by atoms with Gasteiger partial charge in [0.15, 0.2) is 0 Å². The van der Waals surface area contributed by atoms with Gasteiger partial charge >= 0.3 is 5.97 Å². The Morgan fingerprint density at radius 1 is 1.29 bits per heavy atom. The Morgan fingerprint density at radius 3 is 2.86 bits per heavy atom. The Bertz CT molecular complexity index is 633. The number of hydrogen-bond acceptors (Lipinski definition) is 5. The number of para-hydroxylation sites is 1. The van der Waals surface area contributed by atoms with Gasteiger partial charge in [0.2, 0.25) is 11.8 Å². The van der Waals surface area contributed by atoms with Crippen LogP contribution in [0.25, 0.3) is 0 Å². The average molecular weight is 285 g/mol. The van der Waals surface area contributed by atoms with Crippen LogP contribution in [0.1, 0.15) is 12.8 Å². The van der Waals surface area contributed by atoms with Gasteiger partial charge in [0.25, 0.3) is 0 Å². The molecule has 0 radical (unpaired) electrons. The molecule has 1 aromatic heterocycles. The summed E-state index contributed by atoms with van der Waals surface area (Å²) in [4.78, 5) is 21.4. The number of anilines is 1. The summed E-state index contributed by atoms with van der Waals surface area (Å²) in [6, 6.07) is 10.4. The van der Waals surface area contributed by atoms with Gasteiger partial charge in [-0.15, -0.1) is 0 Å². The smallest absolute Gasteiger partial charge is 0.326 e. The van der Waals surface area contributed by atoms with Gasteiger partial charge in [0.1, 0.15) is 11.8 Å². The van der Waals surface area contributed by atoms with E-state index in [9.17, 15) is 9.90 Å². The number of nitrogens with zero attached hydrogens (tertiary/aromatic N) is 3. The molecule has 1 saturated heterocycles. The lowest BCUT2D eigenvalue weighted by molar-refractivity contribution is -0.138. The van der Waals surface area contributed by atoms with Crippen molar-refractivity contribution in [2.75, 3.05) is 11.4 Å². The first-order valence-corrected chi connectivity index (χ1v) is 6.79. The van der Waals surface area contributed by atoms with E-state index in [1.807, 2.05) is 30.3 Å². The van der Waals surface area contributed by atoms with Crippen LogP contribution in [0.4, 0.5) is 5.95 Å². The first-order valence-electron chi connectivity index (χ1n) is 6.79. The number of aromatic nitrogens is 2. The molecule has 6 heteroatoms. The Hall–Kier alpha value is -2.63. The monoisotopic (exact) mass is 285 g/mol. The maximum Gasteiger partial charge on any atom is 0.326 e. The van der Waals surface area contributed by atoms with Crippen LogP contribution >= 0.6 is 0 Å². The number of carboxylic acid groups (broad SMARTS) is 1. The highest BCUT2D eigenvalue weighted by Crippen LogP contribution is 2.25. The zero-order valence-corrected chi connectivity index (χ0v) is 11.3. The summed E-state index contributed by atoms with van der Waals surface area (Å²) >= 11 is 0. The van der Waals surface area contributed by atoms with Crippen LogP contribution in [0.15, 0.2) is 42.6 Å². The van der Waals surface area contributed by atoms with E-state index in [0.717, 1.165) is 6.42 Å². The summed E-state index contributed by atoms with van der Waals surface area (Å²) in [5, 5.41) is 9.22. The van der Waals surface area contributed by atoms with E-state index in [2.05, 4.69) is 9.97 Å². The number of hydrogen-bond donors (Lipinski definition) is 1. The molecule has 1 fully saturated rings. The lowest BCUT2D eigenvalue weighted by atomic mass is 10.2. The second kappa shape index (κ2) is 5.78. The fraction of sp³-hybridized carbons (Fsp3) is 0.267. The molecular formula is C15H15N3O3. The first-order chi connectivity index (χ1) is 10.2. The van der Waals surface area contributed by atoms with Crippen molar-refractivity contribution in [1.29, 1.82) is 0 Å². The minimum Gasteiger partial charge on any atom is -0.480 e. The number of carbonyl (C=O) groups is 1. The molecule has 21 heavy (non-hydrogen) atoms. The number of rotatable bonds is 4. The second-order valence-electron chi connectivity index (χ2n) is 4.80. The summed E-state index contributed by atoms with van der Waals surface area (Å²) in [5.74, 6) is 0.638. The molecule has 3 rings (SSSR count). The molecular weight excluding hydrogens is 270 g/mol. The Balaban J connectivity index is 1.81. The lowest BCUT2D eigenvalue weighted by Crippen LogP contribution is -2.37. The fourth-order valence-corrected chi connectivity index (χ4v) is 2.40. The highest BCUT2D eigenvalue weighted by atomic mass is 16.5. The van der Waals surface area contributed by atoms with Crippen LogP contribution in [-0.2, 0) is 4.79 Å². The number of benzene rings is 1. The van der Waals surface area contributed by atoms with Crippen LogP contribution < -0.4 is 9.64 Å². The van der Waals surface area contributed by atoms with Crippen molar-refractivity contribution in [3.05, 3.63) is 42.6 Å². The summed E-state index contributed by atoms with van der Waals surface area (Å²) in [6.07, 6.45) is 3.02. The molecule has 1 aliphatic rings. The Morgan fingerprint density at radius 2 is 2.10 bits per heavy atom. The molecule has 108 valence electrons. The van der Waals surface area contributed by atoms with Crippen LogP contribution in [0, 0.1) is 0 Å². The van der Waals surface area contributed by atoms with Gasteiger partial charge in [0, 0.05) is 18.8 Å². The third kappa shape index (κ3) is 2.94. The molecule has 2 aromatic rings. The summed E-state index contributed by atoms with van der Waals surface area (Å²) in [5.41, 5.74) is 0. The molecule has 1 N–H and O–H groups in total. The summed E-state index contributed by atoms with van der Waals surface area (Å²) in [7, 11) is 0. The van der Waals surface area contributed by atoms with Gasteiger partial charge in [-0.2, -0.15) is 4.98 Å². The molecule has 0 unspecified atom stereocenters. The van der Waals surface area contributed by atoms with Crippen LogP contribution in [-0.4, -0.2) is 33.6 Å². The van der Waals surface area contributed by atoms with E-state index in [-0.39, 0.29) is 0 Å². The van der Waals surface area contributed by atoms with Gasteiger partial charge in [-0.05, 0) is 25.0 Å². The molecule has 0 aliphatic carbocycles. The lowest BCUT2D eigenvalue weighted by Gasteiger charge is -2.21. The predicted molar refractivity (Wildman–Crippen MR) is 76.6 cm³/mol. The Labute approximate surface area is 122 Å². The Kier molecular flexibility index (Phi) is 3.68. The zero-order valence-electron chi connectivity index (χ0n) is 11.3. The minimum absolute atomic E-state index is 0.397. The van der Waals surface area contributed by atoms with E-state index in [1.165, 1.54) is 0 Å². The quantitative estimate of drug-likeness (QED) is 0.929. The van der Waals surface area contributed by atoms with Crippen molar-refractivity contribution in [3.63, 3.8) is 0 Å². The molecule has 0 spiro atoms. The molecule has 1 atom stereocenters. The maximum absolute atomic E-state index is 11.2. The van der Waals surface area contributed by atoms with E-state index >= 15 is 0 Å². The topological polar surface area (TPSA) is 75.5 Å². The van der Waals surface area contributed by atoms with Gasteiger partial charge in [0.05, 0.1) is 0 Å². The van der Waals surface area contributed by atoms with E-state index in [0.29, 0.717) is 30.5 Å². The molecule has 0 bridgehead atoms. The molecule has 1 aromatic carbocycles. The normalized spacial score (nSPS) is 17.7. The number of aliphatic carboxylic acids is 1. The third-order valence-corrected chi connectivity index (χ3v) is 3.38. The van der Waals surface area contributed by atoms with Crippen molar-refractivity contribution < 1.29 is 14.6 Å². The van der Waals surface area contributed by atoms with Crippen LogP contribution in [0.2, 0.25) is 0 Å². The summed E-state index contributed by atoms with van der Waals surface area (Å²) in [6.45, 7) is 0.645. The number of ether oxygens (including phenoxy) is 1. The van der Waals surface area contributed by atoms with Gasteiger partial charge in [-0.25, -0.2) is 9.78 Å². The van der Waals surface area contributed by atoms with E-state index in [4.69, 9.17) is 4.74 Å². The van der Waals surface area contributed by atoms with Crippen LogP contribution in [0.5, 0.6) is 11.6 Å². The van der Waals surface area contributed by atoms with Crippen LogP contribution in [0.3, 0.4) is 0 Å². The van der Waals surface area contributed by atoms with Crippen molar-refractivity contribution in [3.8, 4) is 11.6 Å². The van der Waals surface area contributed by atoms with Crippen molar-refractivity contribution in [2.24, 2.45) is 0 Å². The second-order valence-corrected chi connectivity index (χ2v) is 4.80. The standard InChI is InChI=1S/C15H15N3O3/c19-14(20)12-7-4-10-18(12)15-16-9-8-13(17-15)21-11-5-2-1-3-6-11/h1-3,5-6,8-9,12H,4,7,10H2,(H,19,20)/t12-/m1/s1. The molecule has 0 saturated carbocycles. The van der Waals surface area contributed by atoms with Gasteiger partial charge < -0.3 is 14.7 Å². The first kappa shape index (κ1) is 13.4. The van der Waals surface area contributed by atoms with Crippen molar-refractivity contribution in [1.82, 2.24) is 9.97 Å². The molecule has 6 nitrogen and oxygen atoms in total. The third-order valence-electron chi connectivity index (χ3n) is 3.38. The molecule has 1 aliphatic heterocycles. The largest absolute Gasteiger partial charge is 0.480 e. The van der Waals surface area contributed by atoms with Gasteiger partial charge in [-0.3, -0.25) is 0 Å². The highest BCUT2D eigenvalue weighted by molar-refractivity contribution is 5.78. The van der Waals surface area contributed by atoms with Crippen molar-refractivity contribution in [2.45, 2.75) is 18.9 Å². The average Bonchev–Trinajstić information content (AvgIpc) is 2.98. The predicted octanol–water partition coefficient (Wildman–Crippen LogP) is 2.32. The van der Waals surface area contributed by atoms with E-state index in [1.54, 1.807) is 17.2 Å². The zero-order chi connectivity index (χ0) is 14.7. The fourth-order valence-electron chi connectivity index (χ4n) is 2.40. The minimum atomic E-state index is -0.842. The molecule has 0 amide bonds.